The van der Waals surface area contributed by atoms with Crippen LogP contribution in [0.4, 0.5) is 5.69 Å². The van der Waals surface area contributed by atoms with E-state index in [0.717, 1.165) is 43.8 Å². The van der Waals surface area contributed by atoms with Crippen LogP contribution in [0.15, 0.2) is 16.7 Å². The summed E-state index contributed by atoms with van der Waals surface area (Å²) in [5.41, 5.74) is 0.336. The van der Waals surface area contributed by atoms with Gasteiger partial charge in [0, 0.05) is 19.5 Å². The van der Waals surface area contributed by atoms with E-state index in [1.54, 1.807) is 6.26 Å². The Hall–Kier alpha value is -1.49. The number of hydrogen-bond acceptors (Lipinski definition) is 4. The number of fused-ring (bicyclic) bond motifs is 1. The quantitative estimate of drug-likeness (QED) is 0.894. The van der Waals surface area contributed by atoms with E-state index in [1.165, 1.54) is 0 Å². The third kappa shape index (κ3) is 3.23. The van der Waals surface area contributed by atoms with Crippen LogP contribution in [-0.4, -0.2) is 40.6 Å². The zero-order valence-corrected chi connectivity index (χ0v) is 12.8. The van der Waals surface area contributed by atoms with E-state index in [9.17, 15) is 9.90 Å². The summed E-state index contributed by atoms with van der Waals surface area (Å²) in [4.78, 5) is 14.5. The fraction of sp³-hybridized carbons (Fsp3) is 0.688. The van der Waals surface area contributed by atoms with Crippen molar-refractivity contribution >= 4 is 11.6 Å². The van der Waals surface area contributed by atoms with Gasteiger partial charge in [0.05, 0.1) is 17.6 Å². The molecule has 0 bridgehead atoms. The van der Waals surface area contributed by atoms with Gasteiger partial charge in [-0.2, -0.15) is 0 Å². The van der Waals surface area contributed by atoms with Gasteiger partial charge in [0.2, 0.25) is 5.91 Å². The SMILES string of the molecule is CC(C)(O)CC1CCN(C(=O)C2Cc3occc3N2)CC1. The Bertz CT molecular complexity index is 489. The van der Waals surface area contributed by atoms with Crippen LogP contribution >= 0.6 is 0 Å². The van der Waals surface area contributed by atoms with E-state index in [0.29, 0.717) is 12.3 Å². The Labute approximate surface area is 125 Å². The van der Waals surface area contributed by atoms with Crippen molar-refractivity contribution in [3.05, 3.63) is 18.1 Å². The van der Waals surface area contributed by atoms with Gasteiger partial charge < -0.3 is 19.7 Å². The average molecular weight is 292 g/mol. The molecule has 1 fully saturated rings. The normalized spacial score (nSPS) is 23.0. The minimum absolute atomic E-state index is 0.170. The molecule has 3 rings (SSSR count). The summed E-state index contributed by atoms with van der Waals surface area (Å²) in [6.07, 6.45) is 5.06. The first-order chi connectivity index (χ1) is 9.92. The van der Waals surface area contributed by atoms with E-state index >= 15 is 0 Å². The number of furan rings is 1. The fourth-order valence-electron chi connectivity index (χ4n) is 3.48. The Morgan fingerprint density at radius 1 is 1.48 bits per heavy atom. The molecule has 0 aliphatic carbocycles. The lowest BCUT2D eigenvalue weighted by atomic mass is 9.86. The van der Waals surface area contributed by atoms with Crippen molar-refractivity contribution in [2.24, 2.45) is 5.92 Å². The number of likely N-dealkylation sites (tertiary alicyclic amines) is 1. The second kappa shape index (κ2) is 5.37. The van der Waals surface area contributed by atoms with Gasteiger partial charge in [-0.15, -0.1) is 0 Å². The number of rotatable bonds is 3. The zero-order chi connectivity index (χ0) is 15.0. The molecule has 0 aromatic carbocycles. The van der Waals surface area contributed by atoms with Gasteiger partial charge in [0.25, 0.3) is 0 Å². The predicted octanol–water partition coefficient (Wildman–Crippen LogP) is 2.02. The molecule has 3 heterocycles. The second-order valence-electron chi connectivity index (χ2n) is 6.94. The van der Waals surface area contributed by atoms with E-state index in [-0.39, 0.29) is 11.9 Å². The molecule has 5 nitrogen and oxygen atoms in total. The maximum atomic E-state index is 12.5. The number of piperidine rings is 1. The lowest BCUT2D eigenvalue weighted by Crippen LogP contribution is -2.46. The molecule has 1 unspecified atom stereocenters. The molecule has 0 saturated carbocycles. The Morgan fingerprint density at radius 3 is 2.81 bits per heavy atom. The average Bonchev–Trinajstić information content (AvgIpc) is 2.97. The van der Waals surface area contributed by atoms with Crippen LogP contribution in [-0.2, 0) is 11.2 Å². The van der Waals surface area contributed by atoms with Crippen LogP contribution < -0.4 is 5.32 Å². The number of amides is 1. The van der Waals surface area contributed by atoms with Crippen LogP contribution in [0.2, 0.25) is 0 Å². The van der Waals surface area contributed by atoms with Crippen LogP contribution in [0.25, 0.3) is 0 Å². The first-order valence-electron chi connectivity index (χ1n) is 7.76. The molecule has 2 N–H and O–H groups in total. The van der Waals surface area contributed by atoms with Crippen LogP contribution in [0.5, 0.6) is 0 Å². The molecule has 1 atom stereocenters. The Balaban J connectivity index is 1.51. The summed E-state index contributed by atoms with van der Waals surface area (Å²) in [5, 5.41) is 13.1. The number of carbonyl (C=O) groups is 1. The van der Waals surface area contributed by atoms with Crippen LogP contribution in [0, 0.1) is 5.92 Å². The number of anilines is 1. The first kappa shape index (κ1) is 14.4. The summed E-state index contributed by atoms with van der Waals surface area (Å²) < 4.78 is 5.35. The maximum Gasteiger partial charge on any atom is 0.245 e. The predicted molar refractivity (Wildman–Crippen MR) is 80.0 cm³/mol. The molecule has 1 amide bonds. The number of aliphatic hydroxyl groups is 1. The smallest absolute Gasteiger partial charge is 0.245 e. The van der Waals surface area contributed by atoms with Crippen molar-refractivity contribution in [2.75, 3.05) is 18.4 Å². The monoisotopic (exact) mass is 292 g/mol. The Morgan fingerprint density at radius 2 is 2.19 bits per heavy atom. The maximum absolute atomic E-state index is 12.5. The molecular weight excluding hydrogens is 268 g/mol. The number of hydrogen-bond donors (Lipinski definition) is 2. The van der Waals surface area contributed by atoms with E-state index in [2.05, 4.69) is 5.32 Å². The molecule has 2 aliphatic heterocycles. The fourth-order valence-corrected chi connectivity index (χ4v) is 3.48. The molecule has 116 valence electrons. The molecule has 2 aliphatic rings. The van der Waals surface area contributed by atoms with Crippen LogP contribution in [0.3, 0.4) is 0 Å². The van der Waals surface area contributed by atoms with E-state index in [1.807, 2.05) is 24.8 Å². The molecule has 0 radical (unpaired) electrons. The highest BCUT2D eigenvalue weighted by atomic mass is 16.3. The molecule has 1 aromatic heterocycles. The van der Waals surface area contributed by atoms with Gasteiger partial charge in [-0.05, 0) is 45.1 Å². The van der Waals surface area contributed by atoms with E-state index in [4.69, 9.17) is 4.42 Å². The zero-order valence-electron chi connectivity index (χ0n) is 12.8. The third-order valence-corrected chi connectivity index (χ3v) is 4.48. The van der Waals surface area contributed by atoms with Gasteiger partial charge in [-0.3, -0.25) is 4.79 Å². The van der Waals surface area contributed by atoms with Crippen molar-refractivity contribution in [3.8, 4) is 0 Å². The summed E-state index contributed by atoms with van der Waals surface area (Å²) >= 11 is 0. The largest absolute Gasteiger partial charge is 0.467 e. The summed E-state index contributed by atoms with van der Waals surface area (Å²) in [6, 6.07) is 1.70. The molecule has 1 saturated heterocycles. The number of nitrogens with one attached hydrogen (secondary N) is 1. The van der Waals surface area contributed by atoms with Crippen molar-refractivity contribution < 1.29 is 14.3 Å². The minimum atomic E-state index is -0.613. The van der Waals surface area contributed by atoms with Gasteiger partial charge in [-0.25, -0.2) is 0 Å². The van der Waals surface area contributed by atoms with Crippen molar-refractivity contribution in [1.29, 1.82) is 0 Å². The van der Waals surface area contributed by atoms with Gasteiger partial charge in [0.1, 0.15) is 11.8 Å². The van der Waals surface area contributed by atoms with E-state index < -0.39 is 5.60 Å². The molecular formula is C16H24N2O3. The van der Waals surface area contributed by atoms with Crippen molar-refractivity contribution in [1.82, 2.24) is 4.90 Å². The lowest BCUT2D eigenvalue weighted by molar-refractivity contribution is -0.133. The minimum Gasteiger partial charge on any atom is -0.467 e. The highest BCUT2D eigenvalue weighted by molar-refractivity contribution is 5.87. The van der Waals surface area contributed by atoms with Crippen molar-refractivity contribution in [3.63, 3.8) is 0 Å². The first-order valence-corrected chi connectivity index (χ1v) is 7.76. The van der Waals surface area contributed by atoms with Gasteiger partial charge >= 0.3 is 0 Å². The summed E-state index contributed by atoms with van der Waals surface area (Å²) in [5.74, 6) is 1.56. The molecule has 0 spiro atoms. The number of nitrogens with zero attached hydrogens (tertiary/aromatic N) is 1. The highest BCUT2D eigenvalue weighted by Crippen LogP contribution is 2.30. The summed E-state index contributed by atoms with van der Waals surface area (Å²) in [6.45, 7) is 5.29. The lowest BCUT2D eigenvalue weighted by Gasteiger charge is -2.35. The summed E-state index contributed by atoms with van der Waals surface area (Å²) in [7, 11) is 0. The molecule has 21 heavy (non-hydrogen) atoms. The molecule has 5 heteroatoms. The van der Waals surface area contributed by atoms with Gasteiger partial charge in [-0.1, -0.05) is 0 Å². The van der Waals surface area contributed by atoms with Crippen LogP contribution in [0.1, 0.15) is 38.9 Å². The standard InChI is InChI=1S/C16H24N2O3/c1-16(2,20)10-11-3-6-18(7-4-11)15(19)13-9-14-12(17-13)5-8-21-14/h5,8,11,13,17,20H,3-4,6-7,9-10H2,1-2H3. The number of carbonyl (C=O) groups excluding carboxylic acids is 1. The Kier molecular flexibility index (Phi) is 3.69. The second-order valence-corrected chi connectivity index (χ2v) is 6.94. The highest BCUT2D eigenvalue weighted by Gasteiger charge is 2.34. The van der Waals surface area contributed by atoms with Gasteiger partial charge in [0.15, 0.2) is 0 Å². The third-order valence-electron chi connectivity index (χ3n) is 4.48. The molecule has 1 aromatic rings. The topological polar surface area (TPSA) is 65.7 Å². The van der Waals surface area contributed by atoms with Crippen molar-refractivity contribution in [2.45, 2.75) is 51.2 Å².